The van der Waals surface area contributed by atoms with E-state index in [1.54, 1.807) is 19.1 Å². The molecule has 4 rings (SSSR count). The molecular formula is C19H16N4O2. The molecule has 0 aliphatic carbocycles. The Hall–Kier alpha value is -3.41. The first-order valence-electron chi connectivity index (χ1n) is 7.88. The number of para-hydroxylation sites is 3. The minimum absolute atomic E-state index is 0.410. The number of fused-ring (bicyclic) bond motifs is 2. The third-order valence-corrected chi connectivity index (χ3v) is 4.14. The summed E-state index contributed by atoms with van der Waals surface area (Å²) < 4.78 is 7.26. The summed E-state index contributed by atoms with van der Waals surface area (Å²) in [7, 11) is 1.91. The van der Waals surface area contributed by atoms with Crippen molar-refractivity contribution in [2.45, 2.75) is 6.92 Å². The van der Waals surface area contributed by atoms with Gasteiger partial charge in [0.15, 0.2) is 0 Å². The first-order chi connectivity index (χ1) is 12.1. The molecule has 0 bridgehead atoms. The quantitative estimate of drug-likeness (QED) is 0.354. The van der Waals surface area contributed by atoms with Gasteiger partial charge >= 0.3 is 5.63 Å². The standard InChI is InChI=1S/C19H16N4O2/c1-12(14-11-13-7-3-6-10-17(13)25-18(14)24)21-22-19-20-15-8-4-5-9-16(15)23(19)2/h3-11H,1-2H3,(H,20,22)/b21-12+. The van der Waals surface area contributed by atoms with Crippen molar-refractivity contribution in [2.24, 2.45) is 12.1 Å². The molecule has 0 aliphatic rings. The van der Waals surface area contributed by atoms with E-state index in [1.165, 1.54) is 0 Å². The average molecular weight is 332 g/mol. The van der Waals surface area contributed by atoms with Crippen LogP contribution in [-0.4, -0.2) is 15.3 Å². The highest BCUT2D eigenvalue weighted by Crippen LogP contribution is 2.18. The van der Waals surface area contributed by atoms with Crippen molar-refractivity contribution in [3.05, 3.63) is 70.6 Å². The highest BCUT2D eigenvalue weighted by atomic mass is 16.4. The zero-order valence-electron chi connectivity index (χ0n) is 13.9. The van der Waals surface area contributed by atoms with Gasteiger partial charge in [-0.15, -0.1) is 0 Å². The number of nitrogens with zero attached hydrogens (tertiary/aromatic N) is 3. The van der Waals surface area contributed by atoms with E-state index in [2.05, 4.69) is 15.5 Å². The summed E-state index contributed by atoms with van der Waals surface area (Å²) in [6.07, 6.45) is 0. The molecule has 0 spiro atoms. The summed E-state index contributed by atoms with van der Waals surface area (Å²) in [6, 6.07) is 17.0. The molecule has 0 aliphatic heterocycles. The van der Waals surface area contributed by atoms with Gasteiger partial charge in [-0.1, -0.05) is 30.3 Å². The van der Waals surface area contributed by atoms with Crippen molar-refractivity contribution in [2.75, 3.05) is 5.43 Å². The van der Waals surface area contributed by atoms with Crippen molar-refractivity contribution < 1.29 is 4.42 Å². The van der Waals surface area contributed by atoms with E-state index in [4.69, 9.17) is 4.42 Å². The van der Waals surface area contributed by atoms with Gasteiger partial charge in [-0.2, -0.15) is 5.10 Å². The molecular weight excluding hydrogens is 316 g/mol. The minimum atomic E-state index is -0.410. The number of hydrogen-bond donors (Lipinski definition) is 1. The van der Waals surface area contributed by atoms with Gasteiger partial charge in [0.2, 0.25) is 5.95 Å². The number of imidazole rings is 1. The van der Waals surface area contributed by atoms with Crippen molar-refractivity contribution in [3.63, 3.8) is 0 Å². The van der Waals surface area contributed by atoms with Crippen LogP contribution in [0.3, 0.4) is 0 Å². The van der Waals surface area contributed by atoms with E-state index in [9.17, 15) is 4.79 Å². The Morgan fingerprint density at radius 1 is 1.16 bits per heavy atom. The summed E-state index contributed by atoms with van der Waals surface area (Å²) in [5.41, 5.74) is 5.93. The van der Waals surface area contributed by atoms with Crippen molar-refractivity contribution in [3.8, 4) is 0 Å². The maximum atomic E-state index is 12.2. The van der Waals surface area contributed by atoms with Crippen LogP contribution >= 0.6 is 0 Å². The van der Waals surface area contributed by atoms with Crippen LogP contribution in [-0.2, 0) is 7.05 Å². The van der Waals surface area contributed by atoms with Gasteiger partial charge in [0, 0.05) is 12.4 Å². The molecule has 6 heteroatoms. The molecule has 124 valence electrons. The van der Waals surface area contributed by atoms with E-state index < -0.39 is 5.63 Å². The molecule has 0 fully saturated rings. The lowest BCUT2D eigenvalue weighted by molar-refractivity contribution is 0.559. The SMILES string of the molecule is C/C(=N\Nc1nc2ccccc2n1C)c1cc2ccccc2oc1=O. The number of benzene rings is 2. The molecule has 4 aromatic rings. The molecule has 2 heterocycles. The minimum Gasteiger partial charge on any atom is -0.422 e. The molecule has 0 radical (unpaired) electrons. The van der Waals surface area contributed by atoms with Gasteiger partial charge in [0.1, 0.15) is 5.58 Å². The number of nitrogens with one attached hydrogen (secondary N) is 1. The predicted molar refractivity (Wildman–Crippen MR) is 99.0 cm³/mol. The largest absolute Gasteiger partial charge is 0.422 e. The fourth-order valence-corrected chi connectivity index (χ4v) is 2.75. The van der Waals surface area contributed by atoms with Crippen LogP contribution in [0.15, 0.2) is 68.9 Å². The molecule has 0 amide bonds. The van der Waals surface area contributed by atoms with Crippen LogP contribution in [0, 0.1) is 0 Å². The second-order valence-electron chi connectivity index (χ2n) is 5.78. The Morgan fingerprint density at radius 3 is 2.76 bits per heavy atom. The van der Waals surface area contributed by atoms with Gasteiger partial charge in [0.25, 0.3) is 0 Å². The van der Waals surface area contributed by atoms with Gasteiger partial charge < -0.3 is 8.98 Å². The highest BCUT2D eigenvalue weighted by molar-refractivity contribution is 6.00. The van der Waals surface area contributed by atoms with E-state index >= 15 is 0 Å². The molecule has 2 aromatic carbocycles. The Labute approximate surface area is 143 Å². The number of aromatic nitrogens is 2. The van der Waals surface area contributed by atoms with Gasteiger partial charge in [0.05, 0.1) is 22.3 Å². The molecule has 6 nitrogen and oxygen atoms in total. The Kier molecular flexibility index (Phi) is 3.57. The number of rotatable bonds is 3. The van der Waals surface area contributed by atoms with Crippen molar-refractivity contribution >= 4 is 33.7 Å². The molecule has 0 saturated carbocycles. The van der Waals surface area contributed by atoms with E-state index in [0.29, 0.717) is 22.8 Å². The maximum Gasteiger partial charge on any atom is 0.345 e. The Bertz CT molecular complexity index is 1170. The number of anilines is 1. The molecule has 0 atom stereocenters. The summed E-state index contributed by atoms with van der Waals surface area (Å²) in [5.74, 6) is 0.603. The smallest absolute Gasteiger partial charge is 0.345 e. The predicted octanol–water partition coefficient (Wildman–Crippen LogP) is 3.52. The molecule has 1 N–H and O–H groups in total. The van der Waals surface area contributed by atoms with Crippen LogP contribution in [0.2, 0.25) is 0 Å². The van der Waals surface area contributed by atoms with E-state index in [1.807, 2.05) is 54.1 Å². The topological polar surface area (TPSA) is 72.4 Å². The second-order valence-corrected chi connectivity index (χ2v) is 5.78. The van der Waals surface area contributed by atoms with Crippen molar-refractivity contribution in [1.82, 2.24) is 9.55 Å². The van der Waals surface area contributed by atoms with Crippen molar-refractivity contribution in [1.29, 1.82) is 0 Å². The lowest BCUT2D eigenvalue weighted by Gasteiger charge is -2.04. The van der Waals surface area contributed by atoms with E-state index in [-0.39, 0.29) is 0 Å². The molecule has 0 unspecified atom stereocenters. The zero-order chi connectivity index (χ0) is 17.4. The first-order valence-corrected chi connectivity index (χ1v) is 7.88. The Morgan fingerprint density at radius 2 is 1.92 bits per heavy atom. The van der Waals surface area contributed by atoms with E-state index in [0.717, 1.165) is 16.4 Å². The summed E-state index contributed by atoms with van der Waals surface area (Å²) in [4.78, 5) is 16.7. The average Bonchev–Trinajstić information content (AvgIpc) is 2.95. The van der Waals surface area contributed by atoms with Gasteiger partial charge in [-0.25, -0.2) is 15.2 Å². The first kappa shape index (κ1) is 15.1. The lowest BCUT2D eigenvalue weighted by Crippen LogP contribution is -2.13. The summed E-state index contributed by atoms with van der Waals surface area (Å²) >= 11 is 0. The van der Waals surface area contributed by atoms with Crippen LogP contribution in [0.25, 0.3) is 22.0 Å². The highest BCUT2D eigenvalue weighted by Gasteiger charge is 2.10. The third kappa shape index (κ3) is 2.67. The molecule has 25 heavy (non-hydrogen) atoms. The maximum absolute atomic E-state index is 12.2. The number of hydrazone groups is 1. The summed E-state index contributed by atoms with van der Waals surface area (Å²) in [6.45, 7) is 1.76. The Balaban J connectivity index is 1.70. The molecule has 2 aromatic heterocycles. The monoisotopic (exact) mass is 332 g/mol. The zero-order valence-corrected chi connectivity index (χ0v) is 13.9. The van der Waals surface area contributed by atoms with Gasteiger partial charge in [-0.05, 0) is 31.2 Å². The van der Waals surface area contributed by atoms with Crippen LogP contribution in [0.4, 0.5) is 5.95 Å². The van der Waals surface area contributed by atoms with Crippen LogP contribution in [0.5, 0.6) is 0 Å². The number of hydrogen-bond acceptors (Lipinski definition) is 5. The van der Waals surface area contributed by atoms with Crippen LogP contribution in [0.1, 0.15) is 12.5 Å². The number of aryl methyl sites for hydroxylation is 1. The lowest BCUT2D eigenvalue weighted by atomic mass is 10.1. The van der Waals surface area contributed by atoms with Gasteiger partial charge in [-0.3, -0.25) is 0 Å². The normalized spacial score (nSPS) is 12.0. The third-order valence-electron chi connectivity index (χ3n) is 4.14. The molecule has 0 saturated heterocycles. The fourth-order valence-electron chi connectivity index (χ4n) is 2.75. The fraction of sp³-hybridized carbons (Fsp3) is 0.105. The second kappa shape index (κ2) is 5.90. The van der Waals surface area contributed by atoms with Crippen LogP contribution < -0.4 is 11.1 Å². The summed E-state index contributed by atoms with van der Waals surface area (Å²) in [5, 5.41) is 5.17.